The predicted molar refractivity (Wildman–Crippen MR) is 110 cm³/mol. The number of benzene rings is 2. The van der Waals surface area contributed by atoms with Crippen LogP contribution in [0.3, 0.4) is 0 Å². The lowest BCUT2D eigenvalue weighted by atomic mass is 10.0. The van der Waals surface area contributed by atoms with Gasteiger partial charge in [-0.05, 0) is 49.2 Å². The molecule has 146 valence electrons. The van der Waals surface area contributed by atoms with E-state index in [1.165, 1.54) is 12.1 Å². The van der Waals surface area contributed by atoms with E-state index in [-0.39, 0.29) is 16.7 Å². The second kappa shape index (κ2) is 7.62. The van der Waals surface area contributed by atoms with Crippen molar-refractivity contribution in [3.63, 3.8) is 0 Å². The van der Waals surface area contributed by atoms with Crippen LogP contribution in [0.1, 0.15) is 34.1 Å². The minimum atomic E-state index is -3.60. The van der Waals surface area contributed by atoms with Crippen LogP contribution >= 0.6 is 11.3 Å². The topological polar surface area (TPSA) is 79.4 Å². The molecule has 1 amide bonds. The van der Waals surface area contributed by atoms with E-state index < -0.39 is 10.0 Å². The first-order chi connectivity index (χ1) is 13.5. The molecule has 1 fully saturated rings. The molecule has 6 nitrogen and oxygen atoms in total. The Bertz CT molecular complexity index is 1070. The van der Waals surface area contributed by atoms with Crippen molar-refractivity contribution >= 4 is 37.5 Å². The van der Waals surface area contributed by atoms with Gasteiger partial charge >= 0.3 is 0 Å². The van der Waals surface area contributed by atoms with Crippen LogP contribution in [0.2, 0.25) is 0 Å². The Morgan fingerprint density at radius 1 is 1.18 bits per heavy atom. The van der Waals surface area contributed by atoms with Crippen LogP contribution < -0.4 is 5.32 Å². The molecule has 1 unspecified atom stereocenters. The number of sulfonamides is 1. The molecule has 1 atom stereocenters. The Balaban J connectivity index is 1.57. The first kappa shape index (κ1) is 19.0. The van der Waals surface area contributed by atoms with Gasteiger partial charge in [0, 0.05) is 31.6 Å². The molecule has 28 heavy (non-hydrogen) atoms. The summed E-state index contributed by atoms with van der Waals surface area (Å²) in [6.45, 7) is 0.931. The molecule has 1 aliphatic rings. The Kier molecular flexibility index (Phi) is 5.18. The fourth-order valence-electron chi connectivity index (χ4n) is 3.50. The first-order valence-electron chi connectivity index (χ1n) is 9.17. The van der Waals surface area contributed by atoms with E-state index in [1.54, 1.807) is 34.8 Å². The van der Waals surface area contributed by atoms with Crippen LogP contribution in [0.5, 0.6) is 0 Å². The van der Waals surface area contributed by atoms with Gasteiger partial charge in [-0.3, -0.25) is 4.79 Å². The zero-order valence-corrected chi connectivity index (χ0v) is 17.1. The number of hydrogen-bond donors (Lipinski definition) is 1. The summed E-state index contributed by atoms with van der Waals surface area (Å²) < 4.78 is 28.9. The fourth-order valence-corrected chi connectivity index (χ4v) is 6.12. The molecule has 1 aromatic heterocycles. The van der Waals surface area contributed by atoms with Crippen molar-refractivity contribution in [3.8, 4) is 0 Å². The van der Waals surface area contributed by atoms with Gasteiger partial charge in [0.15, 0.2) is 0 Å². The summed E-state index contributed by atoms with van der Waals surface area (Å²) in [5, 5.41) is 3.53. The van der Waals surface area contributed by atoms with Gasteiger partial charge in [0.05, 0.1) is 20.1 Å². The van der Waals surface area contributed by atoms with E-state index in [0.717, 1.165) is 28.1 Å². The van der Waals surface area contributed by atoms with Crippen molar-refractivity contribution in [1.82, 2.24) is 14.6 Å². The van der Waals surface area contributed by atoms with Gasteiger partial charge in [0.2, 0.25) is 10.0 Å². The van der Waals surface area contributed by atoms with Gasteiger partial charge in [-0.1, -0.05) is 12.1 Å². The third-order valence-electron chi connectivity index (χ3n) is 5.03. The zero-order chi connectivity index (χ0) is 19.7. The number of aromatic nitrogens is 1. The molecule has 2 aromatic carbocycles. The molecule has 0 bridgehead atoms. The maximum absolute atomic E-state index is 13.1. The highest BCUT2D eigenvalue weighted by molar-refractivity contribution is 7.89. The van der Waals surface area contributed by atoms with Crippen LogP contribution in [0, 0.1) is 0 Å². The number of thiazole rings is 1. The van der Waals surface area contributed by atoms with E-state index in [4.69, 9.17) is 4.98 Å². The van der Waals surface area contributed by atoms with E-state index in [9.17, 15) is 13.2 Å². The highest BCUT2D eigenvalue weighted by Gasteiger charge is 2.32. The number of nitrogens with one attached hydrogen (secondary N) is 1. The molecule has 1 N–H and O–H groups in total. The van der Waals surface area contributed by atoms with E-state index in [2.05, 4.69) is 5.32 Å². The number of amides is 1. The minimum Gasteiger partial charge on any atom is -0.355 e. The second-order valence-electron chi connectivity index (χ2n) is 6.83. The number of piperidine rings is 1. The molecule has 3 aromatic rings. The van der Waals surface area contributed by atoms with E-state index in [0.29, 0.717) is 18.7 Å². The van der Waals surface area contributed by atoms with Gasteiger partial charge in [-0.25, -0.2) is 13.4 Å². The lowest BCUT2D eigenvalue weighted by Crippen LogP contribution is -2.39. The maximum atomic E-state index is 13.1. The smallest absolute Gasteiger partial charge is 0.251 e. The number of carbonyl (C=O) groups excluding carboxylic acids is 1. The van der Waals surface area contributed by atoms with Crippen molar-refractivity contribution in [2.45, 2.75) is 23.7 Å². The highest BCUT2D eigenvalue weighted by atomic mass is 32.2. The normalized spacial score (nSPS) is 18.2. The number of fused-ring (bicyclic) bond motifs is 1. The van der Waals surface area contributed by atoms with Gasteiger partial charge < -0.3 is 5.32 Å². The van der Waals surface area contributed by atoms with Crippen LogP contribution in [0.15, 0.2) is 53.4 Å². The number of nitrogens with zero attached hydrogens (tertiary/aromatic N) is 2. The molecule has 8 heteroatoms. The van der Waals surface area contributed by atoms with Crippen molar-refractivity contribution in [2.24, 2.45) is 0 Å². The second-order valence-corrected chi connectivity index (χ2v) is 9.83. The van der Waals surface area contributed by atoms with Gasteiger partial charge in [0.1, 0.15) is 0 Å². The molecule has 0 radical (unpaired) electrons. The summed E-state index contributed by atoms with van der Waals surface area (Å²) in [6.07, 6.45) is 1.73. The quantitative estimate of drug-likeness (QED) is 0.710. The predicted octanol–water partition coefficient (Wildman–Crippen LogP) is 3.22. The van der Waals surface area contributed by atoms with Crippen molar-refractivity contribution in [1.29, 1.82) is 0 Å². The molecule has 1 aliphatic heterocycles. The standard InChI is InChI=1S/C20H21N3O3S2/c1-21-19(24)14-8-10-16(11-9-14)28(25,26)23-12-4-5-15(13-23)20-22-17-6-2-3-7-18(17)27-20/h2-3,6-11,15H,4-5,12-13H2,1H3,(H,21,24). The lowest BCUT2D eigenvalue weighted by Gasteiger charge is -2.31. The largest absolute Gasteiger partial charge is 0.355 e. The molecule has 0 saturated carbocycles. The Morgan fingerprint density at radius 3 is 2.64 bits per heavy atom. The molecular weight excluding hydrogens is 394 g/mol. The average molecular weight is 416 g/mol. The molecule has 2 heterocycles. The number of hydrogen-bond acceptors (Lipinski definition) is 5. The summed E-state index contributed by atoms with van der Waals surface area (Å²) >= 11 is 1.64. The molecular formula is C20H21N3O3S2. The zero-order valence-electron chi connectivity index (χ0n) is 15.5. The third-order valence-corrected chi connectivity index (χ3v) is 8.10. The summed E-state index contributed by atoms with van der Waals surface area (Å²) in [5.74, 6) is -0.135. The van der Waals surface area contributed by atoms with Crippen LogP contribution in [0.4, 0.5) is 0 Å². The Labute approximate surface area is 168 Å². The van der Waals surface area contributed by atoms with Crippen molar-refractivity contribution < 1.29 is 13.2 Å². The first-order valence-corrected chi connectivity index (χ1v) is 11.4. The highest BCUT2D eigenvalue weighted by Crippen LogP contribution is 2.34. The van der Waals surface area contributed by atoms with Crippen LogP contribution in [0.25, 0.3) is 10.2 Å². The SMILES string of the molecule is CNC(=O)c1ccc(S(=O)(=O)N2CCCC(c3nc4ccccc4s3)C2)cc1. The summed E-state index contributed by atoms with van der Waals surface area (Å²) in [6, 6.07) is 14.1. The summed E-state index contributed by atoms with van der Waals surface area (Å²) in [7, 11) is -2.06. The number of rotatable bonds is 4. The van der Waals surface area contributed by atoms with Gasteiger partial charge in [0.25, 0.3) is 5.91 Å². The number of carbonyl (C=O) groups is 1. The molecule has 0 aliphatic carbocycles. The monoisotopic (exact) mass is 415 g/mol. The van der Waals surface area contributed by atoms with Crippen molar-refractivity contribution in [3.05, 3.63) is 59.1 Å². The van der Waals surface area contributed by atoms with Gasteiger partial charge in [-0.2, -0.15) is 4.31 Å². The Morgan fingerprint density at radius 2 is 1.93 bits per heavy atom. The number of para-hydroxylation sites is 1. The minimum absolute atomic E-state index is 0.103. The lowest BCUT2D eigenvalue weighted by molar-refractivity contribution is 0.0963. The fraction of sp³-hybridized carbons (Fsp3) is 0.300. The average Bonchev–Trinajstić information content (AvgIpc) is 3.18. The molecule has 1 saturated heterocycles. The van der Waals surface area contributed by atoms with E-state index >= 15 is 0 Å². The summed E-state index contributed by atoms with van der Waals surface area (Å²) in [4.78, 5) is 16.6. The summed E-state index contributed by atoms with van der Waals surface area (Å²) in [5.41, 5.74) is 1.40. The Hall–Kier alpha value is -2.29. The van der Waals surface area contributed by atoms with E-state index in [1.807, 2.05) is 24.3 Å². The van der Waals surface area contributed by atoms with Crippen molar-refractivity contribution in [2.75, 3.05) is 20.1 Å². The van der Waals surface area contributed by atoms with Crippen LogP contribution in [-0.2, 0) is 10.0 Å². The molecule has 0 spiro atoms. The van der Waals surface area contributed by atoms with Gasteiger partial charge in [-0.15, -0.1) is 11.3 Å². The third kappa shape index (κ3) is 3.55. The molecule has 4 rings (SSSR count). The van der Waals surface area contributed by atoms with Crippen LogP contribution in [-0.4, -0.2) is 43.8 Å². The maximum Gasteiger partial charge on any atom is 0.251 e.